The summed E-state index contributed by atoms with van der Waals surface area (Å²) in [6.45, 7) is 3.98. The number of halogens is 2. The number of hydrogen-bond donors (Lipinski definition) is 3. The molecule has 5 nitrogen and oxygen atoms in total. The number of hydrogen-bond acceptors (Lipinski definition) is 2. The van der Waals surface area contributed by atoms with E-state index in [2.05, 4.69) is 10.6 Å². The molecule has 0 spiro atoms. The fourth-order valence-electron chi connectivity index (χ4n) is 2.65. The molecule has 3 N–H and O–H groups in total. The van der Waals surface area contributed by atoms with E-state index in [9.17, 15) is 9.59 Å². The lowest BCUT2D eigenvalue weighted by Crippen LogP contribution is -3.14. The van der Waals surface area contributed by atoms with Crippen LogP contribution in [0.5, 0.6) is 0 Å². The molecule has 144 valence electrons. The molecule has 0 heterocycles. The summed E-state index contributed by atoms with van der Waals surface area (Å²) in [6.07, 6.45) is 0.833. The Labute approximate surface area is 169 Å². The number of rotatable bonds is 7. The third-order valence-corrected chi connectivity index (χ3v) is 4.81. The highest BCUT2D eigenvalue weighted by atomic mass is 35.5. The largest absolute Gasteiger partial charge is 0.321 e. The second-order valence-electron chi connectivity index (χ2n) is 6.45. The van der Waals surface area contributed by atoms with Gasteiger partial charge >= 0.3 is 0 Å². The molecule has 1 unspecified atom stereocenters. The molecule has 2 aromatic carbocycles. The number of para-hydroxylation sites is 1. The maximum absolute atomic E-state index is 12.5. The van der Waals surface area contributed by atoms with Gasteiger partial charge in [-0.1, -0.05) is 48.3 Å². The molecule has 2 amide bonds. The van der Waals surface area contributed by atoms with Crippen molar-refractivity contribution < 1.29 is 14.5 Å². The number of likely N-dealkylation sites (N-methyl/N-ethyl adjacent to an activating group) is 1. The predicted octanol–water partition coefficient (Wildman–Crippen LogP) is 3.04. The van der Waals surface area contributed by atoms with Crippen LogP contribution in [0.2, 0.25) is 10.0 Å². The van der Waals surface area contributed by atoms with Crippen LogP contribution < -0.4 is 15.5 Å². The first kappa shape index (κ1) is 21.2. The molecule has 0 aliphatic rings. The van der Waals surface area contributed by atoms with Crippen molar-refractivity contribution in [3.8, 4) is 0 Å². The van der Waals surface area contributed by atoms with Crippen molar-refractivity contribution in [3.63, 3.8) is 0 Å². The maximum Gasteiger partial charge on any atom is 0.282 e. The van der Waals surface area contributed by atoms with Gasteiger partial charge < -0.3 is 15.5 Å². The number of amides is 2. The Morgan fingerprint density at radius 2 is 1.70 bits per heavy atom. The minimum Gasteiger partial charge on any atom is -0.321 e. The zero-order valence-electron chi connectivity index (χ0n) is 15.6. The molecule has 0 bridgehead atoms. The molecule has 0 radical (unpaired) electrons. The Bertz CT molecular complexity index is 806. The summed E-state index contributed by atoms with van der Waals surface area (Å²) in [5, 5.41) is 6.60. The van der Waals surface area contributed by atoms with Gasteiger partial charge in [-0.3, -0.25) is 9.59 Å². The van der Waals surface area contributed by atoms with Crippen molar-refractivity contribution in [2.24, 2.45) is 0 Å². The summed E-state index contributed by atoms with van der Waals surface area (Å²) in [4.78, 5) is 25.6. The summed E-state index contributed by atoms with van der Waals surface area (Å²) in [7, 11) is 1.81. The summed E-state index contributed by atoms with van der Waals surface area (Å²) < 4.78 is 0. The lowest BCUT2D eigenvalue weighted by Gasteiger charge is -2.21. The van der Waals surface area contributed by atoms with E-state index in [1.165, 1.54) is 0 Å². The molecule has 0 aromatic heterocycles. The summed E-state index contributed by atoms with van der Waals surface area (Å²) in [6, 6.07) is 12.1. The van der Waals surface area contributed by atoms with E-state index in [0.29, 0.717) is 15.7 Å². The first-order valence-electron chi connectivity index (χ1n) is 8.77. The Kier molecular flexibility index (Phi) is 7.66. The van der Waals surface area contributed by atoms with Gasteiger partial charge in [0.2, 0.25) is 0 Å². The number of aryl methyl sites for hydroxylation is 1. The van der Waals surface area contributed by atoms with E-state index in [0.717, 1.165) is 22.6 Å². The smallest absolute Gasteiger partial charge is 0.282 e. The fraction of sp³-hybridized carbons (Fsp3) is 0.300. The predicted molar refractivity (Wildman–Crippen MR) is 111 cm³/mol. The topological polar surface area (TPSA) is 62.6 Å². The van der Waals surface area contributed by atoms with Gasteiger partial charge in [0, 0.05) is 21.4 Å². The highest BCUT2D eigenvalue weighted by Gasteiger charge is 2.24. The molecule has 0 aliphatic carbocycles. The van der Waals surface area contributed by atoms with Gasteiger partial charge in [-0.15, -0.1) is 0 Å². The van der Waals surface area contributed by atoms with Gasteiger partial charge in [-0.25, -0.2) is 0 Å². The van der Waals surface area contributed by atoms with Crippen molar-refractivity contribution in [1.82, 2.24) is 0 Å². The molecule has 0 saturated heterocycles. The highest BCUT2D eigenvalue weighted by molar-refractivity contribution is 6.35. The summed E-state index contributed by atoms with van der Waals surface area (Å²) in [5.41, 5.74) is 2.41. The molecule has 7 heteroatoms. The third kappa shape index (κ3) is 6.24. The monoisotopic (exact) mass is 408 g/mol. The van der Waals surface area contributed by atoms with Crippen molar-refractivity contribution in [1.29, 1.82) is 0 Å². The first-order chi connectivity index (χ1) is 12.8. The Balaban J connectivity index is 1.94. The first-order valence-corrected chi connectivity index (χ1v) is 9.52. The number of anilines is 2. The molecular formula is C20H24Cl2N3O2+. The van der Waals surface area contributed by atoms with Gasteiger partial charge in [0.1, 0.15) is 0 Å². The Hall–Kier alpha value is -2.08. The Morgan fingerprint density at radius 1 is 1.07 bits per heavy atom. The average Bonchev–Trinajstić information content (AvgIpc) is 2.60. The van der Waals surface area contributed by atoms with Gasteiger partial charge in [0.25, 0.3) is 11.8 Å². The second kappa shape index (κ2) is 9.74. The number of benzene rings is 2. The van der Waals surface area contributed by atoms with Gasteiger partial charge in [0.05, 0.1) is 7.05 Å². The lowest BCUT2D eigenvalue weighted by atomic mass is 10.1. The van der Waals surface area contributed by atoms with E-state index < -0.39 is 6.04 Å². The van der Waals surface area contributed by atoms with Crippen LogP contribution >= 0.6 is 23.2 Å². The number of carbonyl (C=O) groups excluding carboxylic acids is 2. The summed E-state index contributed by atoms with van der Waals surface area (Å²) in [5.74, 6) is -0.355. The minimum absolute atomic E-state index is 0.140. The quantitative estimate of drug-likeness (QED) is 0.659. The van der Waals surface area contributed by atoms with Gasteiger partial charge in [0.15, 0.2) is 12.6 Å². The highest BCUT2D eigenvalue weighted by Crippen LogP contribution is 2.22. The fourth-order valence-corrected chi connectivity index (χ4v) is 3.18. The van der Waals surface area contributed by atoms with Gasteiger partial charge in [-0.2, -0.15) is 0 Å². The van der Waals surface area contributed by atoms with Crippen LogP contribution in [0.3, 0.4) is 0 Å². The van der Waals surface area contributed by atoms with Crippen molar-refractivity contribution in [2.45, 2.75) is 26.3 Å². The lowest BCUT2D eigenvalue weighted by molar-refractivity contribution is -0.885. The molecule has 27 heavy (non-hydrogen) atoms. The molecule has 0 aliphatic heterocycles. The molecule has 2 aromatic rings. The molecule has 2 atom stereocenters. The second-order valence-corrected chi connectivity index (χ2v) is 7.32. The van der Waals surface area contributed by atoms with Crippen LogP contribution in [-0.2, 0) is 16.0 Å². The zero-order chi connectivity index (χ0) is 20.0. The van der Waals surface area contributed by atoms with E-state index in [4.69, 9.17) is 23.2 Å². The molecule has 2 rings (SSSR count). The molecular weight excluding hydrogens is 385 g/mol. The number of carbonyl (C=O) groups is 2. The van der Waals surface area contributed by atoms with Crippen LogP contribution in [0.25, 0.3) is 0 Å². The van der Waals surface area contributed by atoms with E-state index in [-0.39, 0.29) is 18.4 Å². The van der Waals surface area contributed by atoms with Gasteiger partial charge in [-0.05, 0) is 43.2 Å². The third-order valence-electron chi connectivity index (χ3n) is 4.37. The van der Waals surface area contributed by atoms with Crippen molar-refractivity contribution in [2.75, 3.05) is 24.2 Å². The zero-order valence-corrected chi connectivity index (χ0v) is 17.1. The van der Waals surface area contributed by atoms with Crippen LogP contribution in [0.15, 0.2) is 42.5 Å². The van der Waals surface area contributed by atoms with E-state index in [1.54, 1.807) is 32.2 Å². The van der Waals surface area contributed by atoms with Crippen molar-refractivity contribution in [3.05, 3.63) is 58.1 Å². The Morgan fingerprint density at radius 3 is 2.33 bits per heavy atom. The normalized spacial score (nSPS) is 12.9. The van der Waals surface area contributed by atoms with Crippen molar-refractivity contribution >= 4 is 46.4 Å². The molecule has 0 fully saturated rings. The van der Waals surface area contributed by atoms with Crippen LogP contribution in [-0.4, -0.2) is 31.4 Å². The number of quaternary nitrogens is 1. The SMILES string of the molecule is CCc1ccccc1NC(=O)C[NH+](C)[C@@H](C)C(=O)Nc1cc(Cl)cc(Cl)c1. The number of nitrogens with one attached hydrogen (secondary N) is 3. The standard InChI is InChI=1S/C20H23Cl2N3O2/c1-4-14-7-5-6-8-18(14)24-19(26)12-25(3)13(2)20(27)23-17-10-15(21)9-16(22)11-17/h5-11,13H,4,12H2,1-3H3,(H,23,27)(H,24,26)/p+1/t13-/m0/s1. The van der Waals surface area contributed by atoms with E-state index in [1.807, 2.05) is 31.2 Å². The van der Waals surface area contributed by atoms with Crippen LogP contribution in [0.1, 0.15) is 19.4 Å². The minimum atomic E-state index is -0.435. The van der Waals surface area contributed by atoms with E-state index >= 15 is 0 Å². The van der Waals surface area contributed by atoms with Crippen LogP contribution in [0.4, 0.5) is 11.4 Å². The molecule has 0 saturated carbocycles. The average molecular weight is 409 g/mol. The van der Waals surface area contributed by atoms with Crippen LogP contribution in [0, 0.1) is 0 Å². The summed E-state index contributed by atoms with van der Waals surface area (Å²) >= 11 is 11.9. The maximum atomic E-state index is 12.5.